The maximum atomic E-state index is 5.61. The predicted octanol–water partition coefficient (Wildman–Crippen LogP) is 1.40. The lowest BCUT2D eigenvalue weighted by Crippen LogP contribution is -2.20. The molecule has 0 aromatic rings. The van der Waals surface area contributed by atoms with Crippen molar-refractivity contribution in [2.24, 2.45) is 5.73 Å². The first-order chi connectivity index (χ1) is 4.06. The first-order valence-electron chi connectivity index (χ1n) is 2.78. The number of nitrogens with two attached hydrogens (primary N) is 1. The Kier molecular flexibility index (Phi) is 4.88. The summed E-state index contributed by atoms with van der Waals surface area (Å²) in [6, 6.07) is 0. The predicted molar refractivity (Wildman–Crippen MR) is 42.9 cm³/mol. The fourth-order valence-corrected chi connectivity index (χ4v) is 1.30. The first-order valence-corrected chi connectivity index (χ1v) is 7.21. The highest BCUT2D eigenvalue weighted by Crippen LogP contribution is 2.14. The largest absolute Gasteiger partial charge is 0.392 e. The number of rotatable bonds is 4. The van der Waals surface area contributed by atoms with Gasteiger partial charge in [-0.3, -0.25) is 0 Å². The Morgan fingerprint density at radius 2 is 2.11 bits per heavy atom. The minimum absolute atomic E-state index is 0.576. The molecule has 0 saturated carbocycles. The molecule has 0 amide bonds. The molecule has 0 aliphatic heterocycles. The van der Waals surface area contributed by atoms with Crippen molar-refractivity contribution < 1.29 is 4.43 Å². The molecule has 0 heterocycles. The fraction of sp³-hybridized carbons (Fsp3) is 1.00. The zero-order valence-electron chi connectivity index (χ0n) is 5.36. The Balaban J connectivity index is 3.07. The average molecular weight is 188 g/mol. The first kappa shape index (κ1) is 9.72. The summed E-state index contributed by atoms with van der Waals surface area (Å²) in [6.45, 7) is 0.608. The second-order valence-electron chi connectivity index (χ2n) is 1.80. The smallest absolute Gasteiger partial charge is 0.386 e. The maximum absolute atomic E-state index is 5.61. The van der Waals surface area contributed by atoms with Crippen LogP contribution in [0.2, 0.25) is 6.55 Å². The second-order valence-corrected chi connectivity index (χ2v) is 8.61. The summed E-state index contributed by atoms with van der Waals surface area (Å²) in [4.78, 5) is 0. The molecule has 0 atom stereocenters. The normalized spacial score (nSPS) is 12.0. The van der Waals surface area contributed by atoms with E-state index in [0.717, 1.165) is 6.42 Å². The van der Waals surface area contributed by atoms with E-state index >= 15 is 0 Å². The molecule has 0 aliphatic rings. The summed E-state index contributed by atoms with van der Waals surface area (Å²) in [7, 11) is 0. The standard InChI is InChI=1S/C4H11Cl2NOSi/c1-9(5,6)8-4-2-3-7/h2-4,7H2,1H3. The molecule has 56 valence electrons. The minimum Gasteiger partial charge on any atom is -0.392 e. The van der Waals surface area contributed by atoms with Crippen LogP contribution >= 0.6 is 22.2 Å². The SMILES string of the molecule is C[Si](Cl)(Cl)OCCCN. The van der Waals surface area contributed by atoms with Gasteiger partial charge in [0.05, 0.1) is 0 Å². The molecule has 0 aromatic heterocycles. The van der Waals surface area contributed by atoms with Gasteiger partial charge in [-0.1, -0.05) is 0 Å². The quantitative estimate of drug-likeness (QED) is 0.411. The van der Waals surface area contributed by atoms with Gasteiger partial charge in [0, 0.05) is 6.61 Å². The van der Waals surface area contributed by atoms with Gasteiger partial charge in [-0.2, -0.15) is 0 Å². The molecule has 0 unspecified atom stereocenters. The van der Waals surface area contributed by atoms with Gasteiger partial charge >= 0.3 is 6.94 Å². The molecule has 0 aromatic carbocycles. The molecule has 0 rings (SSSR count). The van der Waals surface area contributed by atoms with Crippen LogP contribution in [0.15, 0.2) is 0 Å². The van der Waals surface area contributed by atoms with Crippen LogP contribution in [0.25, 0.3) is 0 Å². The third-order valence-electron chi connectivity index (χ3n) is 0.704. The Hall–Kier alpha value is 0.717. The van der Waals surface area contributed by atoms with Gasteiger partial charge in [0.25, 0.3) is 0 Å². The van der Waals surface area contributed by atoms with E-state index in [1.807, 2.05) is 0 Å². The van der Waals surface area contributed by atoms with Crippen molar-refractivity contribution in [3.63, 3.8) is 0 Å². The maximum Gasteiger partial charge on any atom is 0.386 e. The lowest BCUT2D eigenvalue weighted by atomic mass is 10.5. The highest BCUT2D eigenvalue weighted by molar-refractivity contribution is 7.41. The Labute approximate surface area is 65.8 Å². The van der Waals surface area contributed by atoms with Crippen molar-refractivity contribution in [2.75, 3.05) is 13.2 Å². The number of halogens is 2. The molecule has 0 radical (unpaired) electrons. The van der Waals surface area contributed by atoms with Crippen LogP contribution in [0.4, 0.5) is 0 Å². The lowest BCUT2D eigenvalue weighted by Gasteiger charge is -2.10. The molecule has 9 heavy (non-hydrogen) atoms. The Morgan fingerprint density at radius 3 is 2.44 bits per heavy atom. The monoisotopic (exact) mass is 187 g/mol. The van der Waals surface area contributed by atoms with E-state index in [9.17, 15) is 0 Å². The van der Waals surface area contributed by atoms with Crippen molar-refractivity contribution in [1.29, 1.82) is 0 Å². The zero-order valence-corrected chi connectivity index (χ0v) is 7.87. The average Bonchev–Trinajstić information content (AvgIpc) is 1.63. The third kappa shape index (κ3) is 8.72. The molecule has 2 nitrogen and oxygen atoms in total. The fourth-order valence-electron chi connectivity index (χ4n) is 0.335. The summed E-state index contributed by atoms with van der Waals surface area (Å²) in [5.74, 6) is 0. The Morgan fingerprint density at radius 1 is 1.56 bits per heavy atom. The van der Waals surface area contributed by atoms with Crippen molar-refractivity contribution in [2.45, 2.75) is 13.0 Å². The van der Waals surface area contributed by atoms with Crippen LogP contribution in [0.3, 0.4) is 0 Å². The summed E-state index contributed by atoms with van der Waals surface area (Å²) in [5.41, 5.74) is 5.21. The van der Waals surface area contributed by atoms with Gasteiger partial charge in [-0.15, -0.1) is 22.2 Å². The molecule has 0 saturated heterocycles. The van der Waals surface area contributed by atoms with Crippen LogP contribution in [0, 0.1) is 0 Å². The molecule has 2 N–H and O–H groups in total. The summed E-state index contributed by atoms with van der Waals surface area (Å²) < 4.78 is 5.06. The lowest BCUT2D eigenvalue weighted by molar-refractivity contribution is 0.323. The van der Waals surface area contributed by atoms with Crippen molar-refractivity contribution in [3.05, 3.63) is 0 Å². The van der Waals surface area contributed by atoms with Crippen LogP contribution in [0.5, 0.6) is 0 Å². The molecule has 5 heteroatoms. The van der Waals surface area contributed by atoms with E-state index in [-0.39, 0.29) is 0 Å². The van der Waals surface area contributed by atoms with E-state index < -0.39 is 6.94 Å². The summed E-state index contributed by atoms with van der Waals surface area (Å²) in [5, 5.41) is 0. The van der Waals surface area contributed by atoms with Gasteiger partial charge in [0.15, 0.2) is 0 Å². The second kappa shape index (κ2) is 4.52. The van der Waals surface area contributed by atoms with E-state index in [1.54, 1.807) is 6.55 Å². The number of hydrogen-bond acceptors (Lipinski definition) is 2. The van der Waals surface area contributed by atoms with Crippen molar-refractivity contribution >= 4 is 29.1 Å². The minimum atomic E-state index is -2.31. The Bertz CT molecular complexity index is 75.5. The van der Waals surface area contributed by atoms with Crippen LogP contribution in [-0.2, 0) is 4.43 Å². The molecule has 0 aliphatic carbocycles. The molecule has 0 fully saturated rings. The number of hydrogen-bond donors (Lipinski definition) is 1. The van der Waals surface area contributed by atoms with Gasteiger partial charge in [0.1, 0.15) is 0 Å². The van der Waals surface area contributed by atoms with Crippen molar-refractivity contribution in [1.82, 2.24) is 0 Å². The molecular formula is C4H11Cl2NOSi. The molecular weight excluding hydrogens is 177 g/mol. The van der Waals surface area contributed by atoms with Gasteiger partial charge in [-0.05, 0) is 19.5 Å². The van der Waals surface area contributed by atoms with Crippen molar-refractivity contribution in [3.8, 4) is 0 Å². The zero-order chi connectivity index (χ0) is 7.33. The highest BCUT2D eigenvalue weighted by atomic mass is 35.7. The van der Waals surface area contributed by atoms with Crippen LogP contribution in [-0.4, -0.2) is 20.1 Å². The van der Waals surface area contributed by atoms with Crippen LogP contribution in [0.1, 0.15) is 6.42 Å². The topological polar surface area (TPSA) is 35.2 Å². The van der Waals surface area contributed by atoms with E-state index in [2.05, 4.69) is 0 Å². The van der Waals surface area contributed by atoms with Crippen LogP contribution < -0.4 is 5.73 Å². The van der Waals surface area contributed by atoms with E-state index in [1.165, 1.54) is 0 Å². The van der Waals surface area contributed by atoms with Gasteiger partial charge in [-0.25, -0.2) is 0 Å². The highest BCUT2D eigenvalue weighted by Gasteiger charge is 2.21. The molecule has 0 spiro atoms. The summed E-state index contributed by atoms with van der Waals surface area (Å²) in [6.07, 6.45) is 0.821. The molecule has 0 bridgehead atoms. The summed E-state index contributed by atoms with van der Waals surface area (Å²) >= 11 is 11.2. The van der Waals surface area contributed by atoms with E-state index in [4.69, 9.17) is 32.3 Å². The van der Waals surface area contributed by atoms with Gasteiger partial charge in [0.2, 0.25) is 0 Å². The van der Waals surface area contributed by atoms with Gasteiger partial charge < -0.3 is 10.2 Å². The van der Waals surface area contributed by atoms with E-state index in [0.29, 0.717) is 13.2 Å². The third-order valence-corrected chi connectivity index (χ3v) is 2.07.